The van der Waals surface area contributed by atoms with E-state index in [0.29, 0.717) is 17.5 Å². The number of carbonyl (C=O) groups excluding carboxylic acids is 1. The van der Waals surface area contributed by atoms with Gasteiger partial charge in [0.25, 0.3) is 11.6 Å². The van der Waals surface area contributed by atoms with Crippen molar-refractivity contribution in [2.24, 2.45) is 0 Å². The number of fused-ring (bicyclic) bond motifs is 1. The molecule has 172 valence electrons. The van der Waals surface area contributed by atoms with Crippen molar-refractivity contribution in [2.75, 3.05) is 5.32 Å². The normalized spacial score (nSPS) is 11.7. The second-order valence-corrected chi connectivity index (χ2v) is 8.26. The van der Waals surface area contributed by atoms with Crippen LogP contribution < -0.4 is 10.6 Å². The molecule has 0 aliphatic heterocycles. The van der Waals surface area contributed by atoms with Gasteiger partial charge in [0.15, 0.2) is 10.7 Å². The number of amides is 1. The molecule has 1 amide bonds. The number of non-ortho nitro benzene ring substituents is 1. The summed E-state index contributed by atoms with van der Waals surface area (Å²) in [5, 5.41) is 16.4. The number of carbonyl (C=O) groups is 1. The monoisotopic (exact) mass is 474 g/mol. The molecule has 0 saturated heterocycles. The Hall–Kier alpha value is -4.11. The summed E-state index contributed by atoms with van der Waals surface area (Å²) in [7, 11) is 0. The molecule has 1 aromatic heterocycles. The summed E-state index contributed by atoms with van der Waals surface area (Å²) in [6.07, 6.45) is 1.05. The van der Waals surface area contributed by atoms with Gasteiger partial charge in [0.05, 0.1) is 4.92 Å². The van der Waals surface area contributed by atoms with Crippen molar-refractivity contribution < 1.29 is 14.1 Å². The Morgan fingerprint density at radius 2 is 1.91 bits per heavy atom. The van der Waals surface area contributed by atoms with Crippen molar-refractivity contribution in [3.8, 4) is 11.5 Å². The Balaban J connectivity index is 1.42. The van der Waals surface area contributed by atoms with E-state index in [1.54, 1.807) is 12.1 Å². The summed E-state index contributed by atoms with van der Waals surface area (Å²) >= 11 is 5.20. The van der Waals surface area contributed by atoms with Gasteiger partial charge in [-0.15, -0.1) is 0 Å². The van der Waals surface area contributed by atoms with E-state index in [9.17, 15) is 14.9 Å². The van der Waals surface area contributed by atoms with Crippen LogP contribution in [0.2, 0.25) is 0 Å². The zero-order valence-electron chi connectivity index (χ0n) is 18.6. The van der Waals surface area contributed by atoms with Gasteiger partial charge in [-0.2, -0.15) is 0 Å². The van der Waals surface area contributed by atoms with Crippen LogP contribution in [-0.2, 0) is 0 Å². The Labute approximate surface area is 201 Å². The number of rotatable bonds is 6. The molecule has 4 rings (SSSR count). The number of aromatic nitrogens is 1. The Morgan fingerprint density at radius 3 is 2.62 bits per heavy atom. The zero-order valence-corrected chi connectivity index (χ0v) is 19.4. The lowest BCUT2D eigenvalue weighted by molar-refractivity contribution is -0.384. The third kappa shape index (κ3) is 5.10. The van der Waals surface area contributed by atoms with Crippen LogP contribution >= 0.6 is 12.2 Å². The van der Waals surface area contributed by atoms with Gasteiger partial charge >= 0.3 is 0 Å². The summed E-state index contributed by atoms with van der Waals surface area (Å²) in [6.45, 7) is 4.34. The molecule has 4 aromatic rings. The summed E-state index contributed by atoms with van der Waals surface area (Å²) in [5.41, 5.74) is 4.21. The molecule has 0 fully saturated rings. The van der Waals surface area contributed by atoms with Crippen molar-refractivity contribution in [1.82, 2.24) is 10.3 Å². The highest BCUT2D eigenvalue weighted by molar-refractivity contribution is 7.80. The van der Waals surface area contributed by atoms with Crippen LogP contribution in [0.5, 0.6) is 0 Å². The van der Waals surface area contributed by atoms with E-state index in [0.717, 1.165) is 23.1 Å². The van der Waals surface area contributed by atoms with Crippen LogP contribution in [0, 0.1) is 10.1 Å². The number of nitrogens with one attached hydrogen (secondary N) is 2. The molecule has 1 heterocycles. The number of nitrogens with zero attached hydrogens (tertiary/aromatic N) is 2. The van der Waals surface area contributed by atoms with Gasteiger partial charge in [0, 0.05) is 28.9 Å². The molecular weight excluding hydrogens is 452 g/mol. The highest BCUT2D eigenvalue weighted by Crippen LogP contribution is 2.28. The van der Waals surface area contributed by atoms with E-state index in [-0.39, 0.29) is 16.4 Å². The average Bonchev–Trinajstić information content (AvgIpc) is 3.27. The second kappa shape index (κ2) is 9.80. The molecule has 0 radical (unpaired) electrons. The van der Waals surface area contributed by atoms with E-state index in [4.69, 9.17) is 16.6 Å². The highest BCUT2D eigenvalue weighted by atomic mass is 32.1. The first-order valence-electron chi connectivity index (χ1n) is 10.7. The van der Waals surface area contributed by atoms with Gasteiger partial charge in [0.1, 0.15) is 5.52 Å². The molecule has 9 heteroatoms. The van der Waals surface area contributed by atoms with Crippen LogP contribution in [0.4, 0.5) is 11.4 Å². The molecule has 0 aliphatic carbocycles. The van der Waals surface area contributed by atoms with Gasteiger partial charge in [-0.3, -0.25) is 20.2 Å². The summed E-state index contributed by atoms with van der Waals surface area (Å²) in [5.74, 6) is 0.432. The van der Waals surface area contributed by atoms with E-state index in [1.807, 2.05) is 18.2 Å². The predicted molar refractivity (Wildman–Crippen MR) is 135 cm³/mol. The van der Waals surface area contributed by atoms with Gasteiger partial charge in [-0.1, -0.05) is 26.0 Å². The van der Waals surface area contributed by atoms with Crippen LogP contribution in [-0.4, -0.2) is 20.9 Å². The average molecular weight is 475 g/mol. The predicted octanol–water partition coefficient (Wildman–Crippen LogP) is 6.04. The third-order valence-corrected chi connectivity index (χ3v) is 5.73. The molecule has 8 nitrogen and oxygen atoms in total. The summed E-state index contributed by atoms with van der Waals surface area (Å²) < 4.78 is 5.91. The fourth-order valence-electron chi connectivity index (χ4n) is 3.40. The van der Waals surface area contributed by atoms with Gasteiger partial charge in [-0.05, 0) is 72.6 Å². The van der Waals surface area contributed by atoms with Crippen LogP contribution in [0.3, 0.4) is 0 Å². The number of thiocarbonyl (C=S) groups is 1. The Morgan fingerprint density at radius 1 is 1.15 bits per heavy atom. The standard InChI is InChI=1S/C25H22N4O4S/c1-3-15(2)17-9-12-22-21(14-17)27-24(33-22)16-7-10-19(11-8-16)26-25(34)28-23(30)18-5-4-6-20(13-18)29(31)32/h4-15H,3H2,1-2H3,(H2,26,28,30,34). The number of anilines is 1. The van der Waals surface area contributed by atoms with Crippen LogP contribution in [0.25, 0.3) is 22.6 Å². The molecule has 0 spiro atoms. The Kier molecular flexibility index (Phi) is 6.65. The molecule has 1 unspecified atom stereocenters. The molecule has 0 saturated carbocycles. The lowest BCUT2D eigenvalue weighted by Crippen LogP contribution is -2.34. The largest absolute Gasteiger partial charge is 0.436 e. The molecule has 0 aliphatic rings. The summed E-state index contributed by atoms with van der Waals surface area (Å²) in [6, 6.07) is 18.8. The maximum absolute atomic E-state index is 12.3. The maximum Gasteiger partial charge on any atom is 0.270 e. The van der Waals surface area contributed by atoms with E-state index >= 15 is 0 Å². The van der Waals surface area contributed by atoms with E-state index in [2.05, 4.69) is 41.6 Å². The quantitative estimate of drug-likeness (QED) is 0.199. The maximum atomic E-state index is 12.3. The minimum atomic E-state index is -0.559. The SMILES string of the molecule is CCC(C)c1ccc2oc(-c3ccc(NC(=S)NC(=O)c4cccc([N+](=O)[O-])c4)cc3)nc2c1. The fraction of sp³-hybridized carbons (Fsp3) is 0.160. The first kappa shape index (κ1) is 23.1. The molecule has 3 aromatic carbocycles. The van der Waals surface area contributed by atoms with Crippen molar-refractivity contribution in [3.63, 3.8) is 0 Å². The number of nitro benzene ring substituents is 1. The van der Waals surface area contributed by atoms with Crippen molar-refractivity contribution >= 4 is 45.7 Å². The molecule has 2 N–H and O–H groups in total. The fourth-order valence-corrected chi connectivity index (χ4v) is 3.62. The number of benzene rings is 3. The van der Waals surface area contributed by atoms with Crippen molar-refractivity contribution in [2.45, 2.75) is 26.2 Å². The number of nitro groups is 1. The minimum absolute atomic E-state index is 0.0729. The van der Waals surface area contributed by atoms with Gasteiger partial charge in [0.2, 0.25) is 5.89 Å². The highest BCUT2D eigenvalue weighted by Gasteiger charge is 2.14. The zero-order chi connectivity index (χ0) is 24.2. The molecular formula is C25H22N4O4S. The molecule has 0 bridgehead atoms. The second-order valence-electron chi connectivity index (χ2n) is 7.85. The van der Waals surface area contributed by atoms with Gasteiger partial charge < -0.3 is 9.73 Å². The minimum Gasteiger partial charge on any atom is -0.436 e. The van der Waals surface area contributed by atoms with Crippen molar-refractivity contribution in [1.29, 1.82) is 0 Å². The number of hydrogen-bond acceptors (Lipinski definition) is 6. The lowest BCUT2D eigenvalue weighted by Gasteiger charge is -2.10. The first-order chi connectivity index (χ1) is 16.3. The van der Waals surface area contributed by atoms with E-state index in [1.165, 1.54) is 29.8 Å². The third-order valence-electron chi connectivity index (χ3n) is 5.53. The smallest absolute Gasteiger partial charge is 0.270 e. The van der Waals surface area contributed by atoms with Crippen LogP contribution in [0.1, 0.15) is 42.1 Å². The van der Waals surface area contributed by atoms with Crippen LogP contribution in [0.15, 0.2) is 71.1 Å². The summed E-state index contributed by atoms with van der Waals surface area (Å²) in [4.78, 5) is 27.3. The number of oxazole rings is 1. The lowest BCUT2D eigenvalue weighted by atomic mass is 9.98. The Bertz CT molecular complexity index is 1380. The number of hydrogen-bond donors (Lipinski definition) is 2. The van der Waals surface area contributed by atoms with Gasteiger partial charge in [-0.25, -0.2) is 4.98 Å². The van der Waals surface area contributed by atoms with Crippen molar-refractivity contribution in [3.05, 3.63) is 88.0 Å². The topological polar surface area (TPSA) is 110 Å². The molecule has 1 atom stereocenters. The van der Waals surface area contributed by atoms with E-state index < -0.39 is 10.8 Å². The first-order valence-corrected chi connectivity index (χ1v) is 11.1. The molecule has 34 heavy (non-hydrogen) atoms.